The summed E-state index contributed by atoms with van der Waals surface area (Å²) >= 11 is 0. The van der Waals surface area contributed by atoms with Gasteiger partial charge in [0, 0.05) is 19.6 Å². The van der Waals surface area contributed by atoms with Gasteiger partial charge in [0.25, 0.3) is 0 Å². The molecule has 1 unspecified atom stereocenters. The number of hydrogen-bond donors (Lipinski definition) is 1. The van der Waals surface area contributed by atoms with Gasteiger partial charge < -0.3 is 5.73 Å². The summed E-state index contributed by atoms with van der Waals surface area (Å²) in [5, 5.41) is 0. The molecule has 1 atom stereocenters. The van der Waals surface area contributed by atoms with Crippen LogP contribution in [0.3, 0.4) is 0 Å². The topological polar surface area (TPSA) is 63.4 Å². The van der Waals surface area contributed by atoms with Gasteiger partial charge in [0.2, 0.25) is 10.0 Å². The van der Waals surface area contributed by atoms with Crippen LogP contribution in [0.5, 0.6) is 0 Å². The third-order valence-corrected chi connectivity index (χ3v) is 5.37. The Kier molecular flexibility index (Phi) is 3.89. The van der Waals surface area contributed by atoms with Gasteiger partial charge in [0.1, 0.15) is 11.6 Å². The zero-order chi connectivity index (χ0) is 14.2. The van der Waals surface area contributed by atoms with Crippen molar-refractivity contribution in [2.45, 2.75) is 23.8 Å². The van der Waals surface area contributed by atoms with Crippen molar-refractivity contribution >= 4 is 10.0 Å². The van der Waals surface area contributed by atoms with Gasteiger partial charge in [-0.05, 0) is 30.9 Å². The SMILES string of the molecule is CN(C(CN)C1CC1)S(=O)(=O)c1c(F)cccc1F. The molecule has 7 heteroatoms. The second-order valence-corrected chi connectivity index (χ2v) is 6.65. The van der Waals surface area contributed by atoms with E-state index in [1.807, 2.05) is 0 Å². The highest BCUT2D eigenvalue weighted by molar-refractivity contribution is 7.89. The Morgan fingerprint density at radius 3 is 2.32 bits per heavy atom. The van der Waals surface area contributed by atoms with Gasteiger partial charge in [-0.25, -0.2) is 17.2 Å². The second kappa shape index (κ2) is 5.15. The minimum Gasteiger partial charge on any atom is -0.329 e. The number of halogens is 2. The molecular weight excluding hydrogens is 274 g/mol. The average molecular weight is 290 g/mol. The van der Waals surface area contributed by atoms with E-state index in [-0.39, 0.29) is 12.5 Å². The van der Waals surface area contributed by atoms with Crippen molar-refractivity contribution in [2.75, 3.05) is 13.6 Å². The summed E-state index contributed by atoms with van der Waals surface area (Å²) in [6.07, 6.45) is 1.78. The van der Waals surface area contributed by atoms with Crippen LogP contribution < -0.4 is 5.73 Å². The van der Waals surface area contributed by atoms with E-state index in [9.17, 15) is 17.2 Å². The van der Waals surface area contributed by atoms with Gasteiger partial charge in [0.05, 0.1) is 0 Å². The molecule has 0 amide bonds. The Hall–Kier alpha value is -1.05. The van der Waals surface area contributed by atoms with Gasteiger partial charge in [-0.1, -0.05) is 6.07 Å². The second-order valence-electron chi connectivity index (χ2n) is 4.71. The maximum absolute atomic E-state index is 13.6. The van der Waals surface area contributed by atoms with E-state index in [1.54, 1.807) is 0 Å². The van der Waals surface area contributed by atoms with Gasteiger partial charge in [-0.15, -0.1) is 0 Å². The summed E-state index contributed by atoms with van der Waals surface area (Å²) in [5.41, 5.74) is 5.57. The Labute approximate surface area is 111 Å². The molecule has 0 aliphatic heterocycles. The van der Waals surface area contributed by atoms with E-state index >= 15 is 0 Å². The lowest BCUT2D eigenvalue weighted by molar-refractivity contribution is 0.337. The standard InChI is InChI=1S/C12H16F2N2O2S/c1-16(11(7-15)8-5-6-8)19(17,18)12-9(13)3-2-4-10(12)14/h2-4,8,11H,5-7,15H2,1H3. The number of nitrogens with two attached hydrogens (primary N) is 1. The highest BCUT2D eigenvalue weighted by Crippen LogP contribution is 2.36. The molecular formula is C12H16F2N2O2S. The van der Waals surface area contributed by atoms with Crippen molar-refractivity contribution in [3.05, 3.63) is 29.8 Å². The van der Waals surface area contributed by atoms with Crippen LogP contribution in [0.2, 0.25) is 0 Å². The average Bonchev–Trinajstić information content (AvgIpc) is 3.13. The quantitative estimate of drug-likeness (QED) is 0.889. The predicted octanol–water partition coefficient (Wildman–Crippen LogP) is 1.32. The first-order valence-electron chi connectivity index (χ1n) is 6.01. The number of benzene rings is 1. The first-order chi connectivity index (χ1) is 8.89. The number of rotatable bonds is 5. The molecule has 1 aromatic carbocycles. The summed E-state index contributed by atoms with van der Waals surface area (Å²) in [5.74, 6) is -1.99. The zero-order valence-corrected chi connectivity index (χ0v) is 11.3. The van der Waals surface area contributed by atoms with Crippen LogP contribution >= 0.6 is 0 Å². The summed E-state index contributed by atoms with van der Waals surface area (Å²) in [7, 11) is -2.90. The van der Waals surface area contributed by atoms with Crippen molar-refractivity contribution in [3.63, 3.8) is 0 Å². The molecule has 0 radical (unpaired) electrons. The molecule has 2 N–H and O–H groups in total. The highest BCUT2D eigenvalue weighted by Gasteiger charge is 2.39. The fraction of sp³-hybridized carbons (Fsp3) is 0.500. The maximum atomic E-state index is 13.6. The summed E-state index contributed by atoms with van der Waals surface area (Å²) < 4.78 is 52.8. The lowest BCUT2D eigenvalue weighted by Gasteiger charge is -2.26. The minimum atomic E-state index is -4.21. The van der Waals surface area contributed by atoms with Crippen molar-refractivity contribution < 1.29 is 17.2 Å². The molecule has 0 saturated heterocycles. The van der Waals surface area contributed by atoms with Gasteiger partial charge in [-0.2, -0.15) is 4.31 Å². The summed E-state index contributed by atoms with van der Waals surface area (Å²) in [4.78, 5) is -0.906. The monoisotopic (exact) mass is 290 g/mol. The molecule has 19 heavy (non-hydrogen) atoms. The molecule has 0 aromatic heterocycles. The number of hydrogen-bond acceptors (Lipinski definition) is 3. The van der Waals surface area contributed by atoms with Gasteiger partial charge in [-0.3, -0.25) is 0 Å². The number of sulfonamides is 1. The zero-order valence-electron chi connectivity index (χ0n) is 10.5. The molecule has 0 spiro atoms. The molecule has 1 aliphatic carbocycles. The van der Waals surface area contributed by atoms with Gasteiger partial charge >= 0.3 is 0 Å². The predicted molar refractivity (Wildman–Crippen MR) is 66.9 cm³/mol. The number of nitrogens with zero attached hydrogens (tertiary/aromatic N) is 1. The van der Waals surface area contributed by atoms with Crippen LogP contribution in [0, 0.1) is 17.6 Å². The van der Waals surface area contributed by atoms with Crippen LogP contribution in [-0.2, 0) is 10.0 Å². The van der Waals surface area contributed by atoms with E-state index in [0.717, 1.165) is 35.3 Å². The molecule has 0 heterocycles. The van der Waals surface area contributed by atoms with E-state index in [2.05, 4.69) is 0 Å². The van der Waals surface area contributed by atoms with E-state index in [0.29, 0.717) is 0 Å². The molecule has 1 aromatic rings. The lowest BCUT2D eigenvalue weighted by atomic mass is 10.2. The van der Waals surface area contributed by atoms with Crippen LogP contribution in [0.1, 0.15) is 12.8 Å². The van der Waals surface area contributed by atoms with Crippen molar-refractivity contribution in [1.29, 1.82) is 0 Å². The molecule has 106 valence electrons. The van der Waals surface area contributed by atoms with E-state index in [4.69, 9.17) is 5.73 Å². The normalized spacial score (nSPS) is 17.7. The Morgan fingerprint density at radius 1 is 1.37 bits per heavy atom. The van der Waals surface area contributed by atoms with Crippen molar-refractivity contribution in [1.82, 2.24) is 4.31 Å². The van der Waals surface area contributed by atoms with Crippen LogP contribution in [-0.4, -0.2) is 32.4 Å². The van der Waals surface area contributed by atoms with Crippen LogP contribution in [0.15, 0.2) is 23.1 Å². The van der Waals surface area contributed by atoms with E-state index in [1.165, 1.54) is 7.05 Å². The third kappa shape index (κ3) is 2.63. The molecule has 4 nitrogen and oxygen atoms in total. The lowest BCUT2D eigenvalue weighted by Crippen LogP contribution is -2.43. The van der Waals surface area contributed by atoms with Gasteiger partial charge in [0.15, 0.2) is 4.90 Å². The van der Waals surface area contributed by atoms with Crippen LogP contribution in [0.4, 0.5) is 8.78 Å². The summed E-state index contributed by atoms with van der Waals surface area (Å²) in [6, 6.07) is 2.57. The third-order valence-electron chi connectivity index (χ3n) is 3.43. The van der Waals surface area contributed by atoms with Crippen molar-refractivity contribution in [3.8, 4) is 0 Å². The first kappa shape index (κ1) is 14.4. The van der Waals surface area contributed by atoms with Crippen molar-refractivity contribution in [2.24, 2.45) is 11.7 Å². The molecule has 1 fully saturated rings. The molecule has 2 rings (SSSR count). The number of likely N-dealkylation sites (N-methyl/N-ethyl adjacent to an activating group) is 1. The molecule has 1 saturated carbocycles. The maximum Gasteiger partial charge on any atom is 0.248 e. The minimum absolute atomic E-state index is 0.135. The Balaban J connectivity index is 2.41. The molecule has 1 aliphatic rings. The summed E-state index contributed by atoms with van der Waals surface area (Å²) in [6.45, 7) is 0.135. The Bertz CT molecular complexity index is 553. The van der Waals surface area contributed by atoms with Crippen LogP contribution in [0.25, 0.3) is 0 Å². The van der Waals surface area contributed by atoms with E-state index < -0.39 is 32.6 Å². The largest absolute Gasteiger partial charge is 0.329 e. The molecule has 0 bridgehead atoms. The fourth-order valence-electron chi connectivity index (χ4n) is 2.17. The smallest absolute Gasteiger partial charge is 0.248 e. The Morgan fingerprint density at radius 2 is 1.89 bits per heavy atom. The highest BCUT2D eigenvalue weighted by atomic mass is 32.2. The fourth-order valence-corrected chi connectivity index (χ4v) is 3.70. The first-order valence-corrected chi connectivity index (χ1v) is 7.45.